The first-order valence-corrected chi connectivity index (χ1v) is 12.1. The molecule has 1 saturated carbocycles. The van der Waals surface area contributed by atoms with Crippen LogP contribution in [0, 0.1) is 29.6 Å². The third-order valence-electron chi connectivity index (χ3n) is 6.66. The Morgan fingerprint density at radius 3 is 2.53 bits per heavy atom. The smallest absolute Gasteiger partial charge is 0.103 e. The minimum absolute atomic E-state index is 0.268. The van der Waals surface area contributed by atoms with Gasteiger partial charge in [0, 0.05) is 32.8 Å². The first-order chi connectivity index (χ1) is 16.4. The topological polar surface area (TPSA) is 103 Å². The largest absolute Gasteiger partial charge is 0.390 e. The van der Waals surface area contributed by atoms with Crippen LogP contribution in [0.5, 0.6) is 0 Å². The maximum atomic E-state index is 10.3. The molecule has 0 spiro atoms. The van der Waals surface area contributed by atoms with Gasteiger partial charge < -0.3 is 5.11 Å². The third kappa shape index (κ3) is 3.96. The molecule has 3 heterocycles. The lowest BCUT2D eigenvalue weighted by Crippen LogP contribution is -2.31. The molecule has 0 atom stereocenters. The zero-order valence-corrected chi connectivity index (χ0v) is 19.9. The summed E-state index contributed by atoms with van der Waals surface area (Å²) < 4.78 is 3.82. The van der Waals surface area contributed by atoms with E-state index in [0.29, 0.717) is 11.1 Å². The molecule has 1 aliphatic rings. The van der Waals surface area contributed by atoms with Gasteiger partial charge in [0.15, 0.2) is 0 Å². The molecular weight excluding hydrogens is 444 g/mol. The molecule has 34 heavy (non-hydrogen) atoms. The third-order valence-corrected chi connectivity index (χ3v) is 7.77. The molecule has 4 aromatic rings. The predicted molar refractivity (Wildman–Crippen MR) is 129 cm³/mol. The van der Waals surface area contributed by atoms with Crippen LogP contribution in [0.25, 0.3) is 16.6 Å². The van der Waals surface area contributed by atoms with Crippen LogP contribution in [0.3, 0.4) is 0 Å². The lowest BCUT2D eigenvalue weighted by atomic mass is 9.83. The summed E-state index contributed by atoms with van der Waals surface area (Å²) in [5, 5.41) is 38.6. The van der Waals surface area contributed by atoms with E-state index in [4.69, 9.17) is 5.10 Å². The number of hydrogen-bond donors (Lipinski definition) is 1. The highest BCUT2D eigenvalue weighted by atomic mass is 32.2. The minimum atomic E-state index is -0.587. The summed E-state index contributed by atoms with van der Waals surface area (Å²) in [6.07, 6.45) is 8.70. The van der Waals surface area contributed by atoms with E-state index in [2.05, 4.69) is 34.9 Å². The van der Waals surface area contributed by atoms with Crippen LogP contribution < -0.4 is 0 Å². The molecule has 0 saturated heterocycles. The van der Waals surface area contributed by atoms with Crippen molar-refractivity contribution in [2.24, 2.45) is 0 Å². The molecular formula is C26H24N6OS. The Kier molecular flexibility index (Phi) is 5.65. The molecule has 7 nitrogen and oxygen atoms in total. The van der Waals surface area contributed by atoms with Crippen molar-refractivity contribution in [2.45, 2.75) is 61.0 Å². The Morgan fingerprint density at radius 2 is 1.79 bits per heavy atom. The SMILES string of the molecule is Cc1c(-c2cc(Sc3ccccc3C#N)c3c(C#N)cnn3c2)cnn1[C@H]1CC[C@@](C)(O)CC1. The molecule has 1 fully saturated rings. The van der Waals surface area contributed by atoms with Crippen LogP contribution in [0.4, 0.5) is 0 Å². The van der Waals surface area contributed by atoms with Crippen molar-refractivity contribution >= 4 is 17.3 Å². The van der Waals surface area contributed by atoms with E-state index in [1.807, 2.05) is 37.5 Å². The van der Waals surface area contributed by atoms with Crippen molar-refractivity contribution in [3.8, 4) is 23.3 Å². The highest BCUT2D eigenvalue weighted by Gasteiger charge is 2.30. The molecule has 1 aromatic carbocycles. The summed E-state index contributed by atoms with van der Waals surface area (Å²) >= 11 is 1.46. The molecule has 5 rings (SSSR count). The van der Waals surface area contributed by atoms with E-state index >= 15 is 0 Å². The van der Waals surface area contributed by atoms with E-state index < -0.39 is 5.60 Å². The lowest BCUT2D eigenvalue weighted by molar-refractivity contribution is 0.00826. The molecule has 3 aromatic heterocycles. The molecule has 0 bridgehead atoms. The highest BCUT2D eigenvalue weighted by molar-refractivity contribution is 7.99. The van der Waals surface area contributed by atoms with Gasteiger partial charge in [-0.15, -0.1) is 0 Å². The van der Waals surface area contributed by atoms with Gasteiger partial charge in [0.05, 0.1) is 40.7 Å². The summed E-state index contributed by atoms with van der Waals surface area (Å²) in [4.78, 5) is 1.69. The van der Waals surface area contributed by atoms with E-state index in [-0.39, 0.29) is 6.04 Å². The molecule has 0 amide bonds. The number of pyridine rings is 1. The van der Waals surface area contributed by atoms with E-state index in [1.54, 1.807) is 16.8 Å². The van der Waals surface area contributed by atoms with Gasteiger partial charge in [-0.3, -0.25) is 4.68 Å². The quantitative estimate of drug-likeness (QED) is 0.438. The van der Waals surface area contributed by atoms with Gasteiger partial charge in [0.25, 0.3) is 0 Å². The Labute approximate surface area is 202 Å². The number of aromatic nitrogens is 4. The van der Waals surface area contributed by atoms with Crippen molar-refractivity contribution in [1.29, 1.82) is 10.5 Å². The summed E-state index contributed by atoms with van der Waals surface area (Å²) in [5.74, 6) is 0. The Bertz CT molecular complexity index is 1460. The van der Waals surface area contributed by atoms with Crippen LogP contribution in [-0.2, 0) is 0 Å². The zero-order chi connectivity index (χ0) is 23.9. The Balaban J connectivity index is 1.58. The van der Waals surface area contributed by atoms with Crippen molar-refractivity contribution in [2.75, 3.05) is 0 Å². The maximum Gasteiger partial charge on any atom is 0.103 e. The predicted octanol–water partition coefficient (Wildman–Crippen LogP) is 5.27. The van der Waals surface area contributed by atoms with E-state index in [9.17, 15) is 15.6 Å². The van der Waals surface area contributed by atoms with Gasteiger partial charge in [0.2, 0.25) is 0 Å². The molecule has 0 aliphatic heterocycles. The molecule has 1 N–H and O–H groups in total. The molecule has 0 radical (unpaired) electrons. The normalized spacial score (nSPS) is 20.2. The van der Waals surface area contributed by atoms with Crippen LogP contribution in [-0.4, -0.2) is 30.1 Å². The number of nitriles is 2. The molecule has 1 aliphatic carbocycles. The van der Waals surface area contributed by atoms with E-state index in [0.717, 1.165) is 57.8 Å². The second-order valence-corrected chi connectivity index (χ2v) is 10.2. The van der Waals surface area contributed by atoms with Crippen LogP contribution in [0.1, 0.15) is 55.5 Å². The van der Waals surface area contributed by atoms with Crippen molar-refractivity contribution in [1.82, 2.24) is 19.4 Å². The van der Waals surface area contributed by atoms with E-state index in [1.165, 1.54) is 11.8 Å². The highest BCUT2D eigenvalue weighted by Crippen LogP contribution is 2.39. The minimum Gasteiger partial charge on any atom is -0.390 e. The average Bonchev–Trinajstić information content (AvgIpc) is 3.43. The number of hydrogen-bond acceptors (Lipinski definition) is 6. The number of nitrogens with zero attached hydrogens (tertiary/aromatic N) is 6. The van der Waals surface area contributed by atoms with Crippen LogP contribution in [0.15, 0.2) is 58.7 Å². The Hall–Kier alpha value is -3.59. The van der Waals surface area contributed by atoms with Crippen LogP contribution in [0.2, 0.25) is 0 Å². The lowest BCUT2D eigenvalue weighted by Gasteiger charge is -2.33. The number of fused-ring (bicyclic) bond motifs is 1. The molecule has 170 valence electrons. The van der Waals surface area contributed by atoms with Crippen molar-refractivity contribution in [3.63, 3.8) is 0 Å². The van der Waals surface area contributed by atoms with Gasteiger partial charge in [-0.05, 0) is 57.7 Å². The van der Waals surface area contributed by atoms with Gasteiger partial charge in [0.1, 0.15) is 12.1 Å². The fourth-order valence-electron chi connectivity index (χ4n) is 4.70. The summed E-state index contributed by atoms with van der Waals surface area (Å²) in [6.45, 7) is 3.98. The number of benzene rings is 1. The second-order valence-electron chi connectivity index (χ2n) is 9.08. The molecule has 8 heteroatoms. The Morgan fingerprint density at radius 1 is 1.06 bits per heavy atom. The maximum absolute atomic E-state index is 10.3. The summed E-state index contributed by atoms with van der Waals surface area (Å²) in [7, 11) is 0. The first kappa shape index (κ1) is 22.2. The average molecular weight is 469 g/mol. The summed E-state index contributed by atoms with van der Waals surface area (Å²) in [6, 6.07) is 14.3. The standard InChI is InChI=1S/C26H24N6OS/c1-17-22(15-30-32(17)21-7-9-26(2,33)10-8-21)19-11-24(25-20(13-28)14-29-31(25)16-19)34-23-6-4-3-5-18(23)12-27/h3-6,11,14-16,21,33H,7-10H2,1-2H3/t21-,26+. The van der Waals surface area contributed by atoms with Crippen molar-refractivity contribution < 1.29 is 5.11 Å². The van der Waals surface area contributed by atoms with Gasteiger partial charge in [-0.1, -0.05) is 23.9 Å². The van der Waals surface area contributed by atoms with Gasteiger partial charge >= 0.3 is 0 Å². The molecule has 0 unspecified atom stereocenters. The van der Waals surface area contributed by atoms with Crippen LogP contribution >= 0.6 is 11.8 Å². The summed E-state index contributed by atoms with van der Waals surface area (Å²) in [5.41, 5.74) is 4.23. The number of aliphatic hydroxyl groups is 1. The fourth-order valence-corrected chi connectivity index (χ4v) is 5.79. The monoisotopic (exact) mass is 468 g/mol. The zero-order valence-electron chi connectivity index (χ0n) is 19.1. The fraction of sp³-hybridized carbons (Fsp3) is 0.308. The van der Waals surface area contributed by atoms with Gasteiger partial charge in [-0.25, -0.2) is 4.52 Å². The number of rotatable bonds is 4. The second kappa shape index (κ2) is 8.64. The van der Waals surface area contributed by atoms with Crippen molar-refractivity contribution in [3.05, 3.63) is 65.7 Å². The first-order valence-electron chi connectivity index (χ1n) is 11.3. The van der Waals surface area contributed by atoms with Gasteiger partial charge in [-0.2, -0.15) is 20.7 Å².